The number of hydrogen-bond donors (Lipinski definition) is 1. The molecule has 0 aliphatic carbocycles. The Hall–Kier alpha value is -3.57. The van der Waals surface area contributed by atoms with Crippen LogP contribution in [0.3, 0.4) is 0 Å². The molecule has 2 atom stereocenters. The van der Waals surface area contributed by atoms with Crippen LogP contribution in [0.2, 0.25) is 0 Å². The standard InChI is InChI=1S/C31H38FN3O5S2/c1-6-22(3)33-31(37)23(4)34(20-24-12-14-25(32)15-13-24)30(36)21-35(28-10-8-9-11-29(28)40-7-2)42(38,39)27-18-16-26(41-5)17-19-27/h8-19,22-23H,6-7,20-21H2,1-5H3,(H,33,37)/t22-,23-/m0/s1. The number of anilines is 1. The molecule has 2 amide bonds. The summed E-state index contributed by atoms with van der Waals surface area (Å²) in [6.45, 7) is 6.82. The van der Waals surface area contributed by atoms with E-state index < -0.39 is 34.3 Å². The zero-order valence-corrected chi connectivity index (χ0v) is 26.2. The van der Waals surface area contributed by atoms with Gasteiger partial charge >= 0.3 is 0 Å². The fraction of sp³-hybridized carbons (Fsp3) is 0.355. The summed E-state index contributed by atoms with van der Waals surface area (Å²) >= 11 is 1.48. The molecular weight excluding hydrogens is 577 g/mol. The van der Waals surface area contributed by atoms with E-state index in [-0.39, 0.29) is 35.7 Å². The van der Waals surface area contributed by atoms with Crippen LogP contribution in [-0.4, -0.2) is 56.6 Å². The molecule has 0 aliphatic heterocycles. The minimum absolute atomic E-state index is 0.00653. The number of benzene rings is 3. The first kappa shape index (κ1) is 32.9. The van der Waals surface area contributed by atoms with Crippen LogP contribution in [0.1, 0.15) is 39.7 Å². The zero-order chi connectivity index (χ0) is 30.9. The summed E-state index contributed by atoms with van der Waals surface area (Å²) in [6, 6.07) is 17.6. The second-order valence-electron chi connectivity index (χ2n) is 9.73. The van der Waals surface area contributed by atoms with E-state index in [4.69, 9.17) is 4.74 Å². The third-order valence-corrected chi connectivity index (χ3v) is 9.31. The van der Waals surface area contributed by atoms with Gasteiger partial charge < -0.3 is 15.0 Å². The number of rotatable bonds is 14. The molecule has 0 heterocycles. The van der Waals surface area contributed by atoms with Crippen molar-refractivity contribution in [3.8, 4) is 5.75 Å². The Kier molecular flexibility index (Phi) is 11.8. The second kappa shape index (κ2) is 15.1. The molecule has 0 radical (unpaired) electrons. The Morgan fingerprint density at radius 2 is 1.62 bits per heavy atom. The first-order valence-electron chi connectivity index (χ1n) is 13.7. The lowest BCUT2D eigenvalue weighted by atomic mass is 10.1. The van der Waals surface area contributed by atoms with Crippen molar-refractivity contribution in [2.45, 2.75) is 62.5 Å². The molecule has 3 aromatic carbocycles. The minimum Gasteiger partial charge on any atom is -0.492 e. The number of nitrogens with one attached hydrogen (secondary N) is 1. The van der Waals surface area contributed by atoms with Gasteiger partial charge in [-0.25, -0.2) is 12.8 Å². The molecule has 3 aromatic rings. The molecule has 1 N–H and O–H groups in total. The fourth-order valence-electron chi connectivity index (χ4n) is 4.16. The van der Waals surface area contributed by atoms with Gasteiger partial charge in [-0.1, -0.05) is 31.2 Å². The average Bonchev–Trinajstić information content (AvgIpc) is 2.99. The first-order valence-corrected chi connectivity index (χ1v) is 16.4. The molecule has 0 unspecified atom stereocenters. The molecule has 0 bridgehead atoms. The van der Waals surface area contributed by atoms with Crippen LogP contribution >= 0.6 is 11.8 Å². The maximum atomic E-state index is 14.1. The topological polar surface area (TPSA) is 96.0 Å². The molecule has 0 aromatic heterocycles. The number of sulfonamides is 1. The number of ether oxygens (including phenoxy) is 1. The molecule has 0 saturated carbocycles. The predicted octanol–water partition coefficient (Wildman–Crippen LogP) is 5.47. The summed E-state index contributed by atoms with van der Waals surface area (Å²) < 4.78 is 48.6. The largest absolute Gasteiger partial charge is 0.492 e. The summed E-state index contributed by atoms with van der Waals surface area (Å²) in [6.07, 6.45) is 2.58. The lowest BCUT2D eigenvalue weighted by molar-refractivity contribution is -0.139. The van der Waals surface area contributed by atoms with Gasteiger partial charge in [0.05, 0.1) is 17.2 Å². The number of carbonyl (C=O) groups is 2. The van der Waals surface area contributed by atoms with Crippen molar-refractivity contribution in [3.63, 3.8) is 0 Å². The summed E-state index contributed by atoms with van der Waals surface area (Å²) in [5.74, 6) is -1.13. The Balaban J connectivity index is 2.07. The fourth-order valence-corrected chi connectivity index (χ4v) is 6.00. The molecule has 0 fully saturated rings. The van der Waals surface area contributed by atoms with Crippen LogP contribution in [0.4, 0.5) is 10.1 Å². The predicted molar refractivity (Wildman–Crippen MR) is 165 cm³/mol. The maximum absolute atomic E-state index is 14.1. The van der Waals surface area contributed by atoms with Gasteiger partial charge in [-0.05, 0) is 87.5 Å². The number of halogens is 1. The van der Waals surface area contributed by atoms with E-state index in [2.05, 4.69) is 5.32 Å². The Bertz CT molecular complexity index is 1450. The van der Waals surface area contributed by atoms with E-state index >= 15 is 0 Å². The number of para-hydroxylation sites is 2. The van der Waals surface area contributed by atoms with Crippen LogP contribution in [0.5, 0.6) is 5.75 Å². The monoisotopic (exact) mass is 615 g/mol. The van der Waals surface area contributed by atoms with Gasteiger partial charge in [0, 0.05) is 17.5 Å². The van der Waals surface area contributed by atoms with E-state index in [0.717, 1.165) is 9.20 Å². The van der Waals surface area contributed by atoms with Gasteiger partial charge in [0.15, 0.2) is 0 Å². The summed E-state index contributed by atoms with van der Waals surface area (Å²) in [5.41, 5.74) is 0.782. The molecule has 42 heavy (non-hydrogen) atoms. The minimum atomic E-state index is -4.25. The van der Waals surface area contributed by atoms with Gasteiger partial charge in [0.1, 0.15) is 24.2 Å². The number of nitrogens with zero attached hydrogens (tertiary/aromatic N) is 2. The van der Waals surface area contributed by atoms with Gasteiger partial charge in [0.25, 0.3) is 10.0 Å². The molecular formula is C31H38FN3O5S2. The Morgan fingerprint density at radius 3 is 2.21 bits per heavy atom. The third-order valence-electron chi connectivity index (χ3n) is 6.79. The van der Waals surface area contributed by atoms with Crippen LogP contribution in [0.15, 0.2) is 82.6 Å². The molecule has 8 nitrogen and oxygen atoms in total. The first-order chi connectivity index (χ1) is 20.0. The highest BCUT2D eigenvalue weighted by Gasteiger charge is 2.34. The highest BCUT2D eigenvalue weighted by Crippen LogP contribution is 2.33. The second-order valence-corrected chi connectivity index (χ2v) is 12.5. The van der Waals surface area contributed by atoms with E-state index in [1.54, 1.807) is 50.2 Å². The Labute approximate surface area is 252 Å². The number of thioether (sulfide) groups is 1. The normalized spacial score (nSPS) is 12.7. The molecule has 3 rings (SSSR count). The van der Waals surface area contributed by atoms with Gasteiger partial charge in [-0.15, -0.1) is 11.8 Å². The van der Waals surface area contributed by atoms with Crippen LogP contribution in [0.25, 0.3) is 0 Å². The van der Waals surface area contributed by atoms with Crippen LogP contribution in [-0.2, 0) is 26.2 Å². The zero-order valence-electron chi connectivity index (χ0n) is 24.5. The molecule has 0 spiro atoms. The van der Waals surface area contributed by atoms with Crippen LogP contribution < -0.4 is 14.4 Å². The SMILES string of the molecule is CCOc1ccccc1N(CC(=O)N(Cc1ccc(F)cc1)[C@@H](C)C(=O)N[C@@H](C)CC)S(=O)(=O)c1ccc(SC)cc1. The van der Waals surface area contributed by atoms with Crippen molar-refractivity contribution < 1.29 is 27.1 Å². The number of hydrogen-bond acceptors (Lipinski definition) is 6. The van der Waals surface area contributed by atoms with Crippen molar-refractivity contribution >= 4 is 39.3 Å². The number of carbonyl (C=O) groups excluding carboxylic acids is 2. The van der Waals surface area contributed by atoms with E-state index in [9.17, 15) is 22.4 Å². The third kappa shape index (κ3) is 8.25. The van der Waals surface area contributed by atoms with E-state index in [0.29, 0.717) is 17.7 Å². The van der Waals surface area contributed by atoms with Crippen molar-refractivity contribution in [1.82, 2.24) is 10.2 Å². The maximum Gasteiger partial charge on any atom is 0.264 e. The smallest absolute Gasteiger partial charge is 0.264 e. The summed E-state index contributed by atoms with van der Waals surface area (Å²) in [5, 5.41) is 2.89. The summed E-state index contributed by atoms with van der Waals surface area (Å²) in [7, 11) is -4.25. The lowest BCUT2D eigenvalue weighted by Gasteiger charge is -2.33. The van der Waals surface area contributed by atoms with Gasteiger partial charge in [-0.2, -0.15) is 0 Å². The lowest BCUT2D eigenvalue weighted by Crippen LogP contribution is -2.52. The quantitative estimate of drug-likeness (QED) is 0.242. The highest BCUT2D eigenvalue weighted by molar-refractivity contribution is 7.98. The van der Waals surface area contributed by atoms with Crippen molar-refractivity contribution in [3.05, 3.63) is 84.2 Å². The van der Waals surface area contributed by atoms with E-state index in [1.807, 2.05) is 20.1 Å². The molecule has 0 saturated heterocycles. The Morgan fingerprint density at radius 1 is 0.976 bits per heavy atom. The number of amides is 2. The highest BCUT2D eigenvalue weighted by atomic mass is 32.2. The molecule has 0 aliphatic rings. The van der Waals surface area contributed by atoms with Crippen LogP contribution in [0, 0.1) is 5.82 Å². The van der Waals surface area contributed by atoms with Gasteiger partial charge in [-0.3, -0.25) is 13.9 Å². The van der Waals surface area contributed by atoms with Crippen molar-refractivity contribution in [1.29, 1.82) is 0 Å². The van der Waals surface area contributed by atoms with E-state index in [1.165, 1.54) is 53.1 Å². The van der Waals surface area contributed by atoms with Gasteiger partial charge in [0.2, 0.25) is 11.8 Å². The average molecular weight is 616 g/mol. The van der Waals surface area contributed by atoms with Crippen molar-refractivity contribution in [2.24, 2.45) is 0 Å². The molecule has 11 heteroatoms. The molecule has 226 valence electrons. The van der Waals surface area contributed by atoms with Crippen molar-refractivity contribution in [2.75, 3.05) is 23.7 Å². The summed E-state index contributed by atoms with van der Waals surface area (Å²) in [4.78, 5) is 29.4.